The molecule has 2 aliphatic rings. The number of amides is 1. The number of fused-ring (bicyclic) bond motifs is 2. The lowest BCUT2D eigenvalue weighted by Crippen LogP contribution is -2.46. The summed E-state index contributed by atoms with van der Waals surface area (Å²) in [4.78, 5) is 25.8. The maximum absolute atomic E-state index is 12.3. The minimum Gasteiger partial charge on any atom is -0.457 e. The van der Waals surface area contributed by atoms with E-state index in [1.807, 2.05) is 4.90 Å². The van der Waals surface area contributed by atoms with Gasteiger partial charge in [0.15, 0.2) is 0 Å². The predicted octanol–water partition coefficient (Wildman–Crippen LogP) is 2.14. The molecule has 1 amide bonds. The molecule has 0 N–H and O–H groups in total. The predicted molar refractivity (Wildman–Crippen MR) is 72.4 cm³/mol. The van der Waals surface area contributed by atoms with Gasteiger partial charge in [-0.1, -0.05) is 20.4 Å². The first-order chi connectivity index (χ1) is 9.12. The molecule has 0 aromatic carbocycles. The Balaban J connectivity index is 2.20. The van der Waals surface area contributed by atoms with Crippen molar-refractivity contribution in [2.45, 2.75) is 51.7 Å². The van der Waals surface area contributed by atoms with E-state index in [1.54, 1.807) is 0 Å². The van der Waals surface area contributed by atoms with E-state index in [2.05, 4.69) is 20.4 Å². The molecule has 0 radical (unpaired) electrons. The normalized spacial score (nSPS) is 33.4. The van der Waals surface area contributed by atoms with E-state index in [1.165, 1.54) is 6.08 Å². The van der Waals surface area contributed by atoms with E-state index in [0.29, 0.717) is 5.92 Å². The number of ether oxygens (including phenoxy) is 1. The second-order valence-corrected chi connectivity index (χ2v) is 5.54. The van der Waals surface area contributed by atoms with Gasteiger partial charge in [-0.15, -0.1) is 0 Å². The molecule has 1 saturated carbocycles. The standard InChI is InChI=1S/C15H23NO3/c1-4-7-16-12-9-11(15(16)18)8-10(5-2)14(12)19-13(17)6-3/h6,10-12,14H,3-5,7-9H2,1-2H3. The van der Waals surface area contributed by atoms with Crippen molar-refractivity contribution in [3.8, 4) is 0 Å². The molecule has 1 heterocycles. The van der Waals surface area contributed by atoms with Crippen molar-refractivity contribution in [1.29, 1.82) is 0 Å². The number of carbonyl (C=O) groups is 2. The number of esters is 1. The molecular weight excluding hydrogens is 242 g/mol. The number of carbonyl (C=O) groups excluding carboxylic acids is 2. The molecule has 4 atom stereocenters. The summed E-state index contributed by atoms with van der Waals surface area (Å²) in [5.74, 6) is 0.304. The van der Waals surface area contributed by atoms with Crippen LogP contribution < -0.4 is 0 Å². The van der Waals surface area contributed by atoms with Gasteiger partial charge in [-0.2, -0.15) is 0 Å². The fourth-order valence-electron chi connectivity index (χ4n) is 3.51. The van der Waals surface area contributed by atoms with Gasteiger partial charge in [0.25, 0.3) is 0 Å². The van der Waals surface area contributed by atoms with Crippen molar-refractivity contribution in [3.05, 3.63) is 12.7 Å². The Hall–Kier alpha value is -1.32. The molecule has 0 aromatic heterocycles. The van der Waals surface area contributed by atoms with Crippen LogP contribution >= 0.6 is 0 Å². The van der Waals surface area contributed by atoms with Gasteiger partial charge in [0, 0.05) is 18.5 Å². The van der Waals surface area contributed by atoms with Crippen LogP contribution in [0.5, 0.6) is 0 Å². The zero-order chi connectivity index (χ0) is 14.0. The van der Waals surface area contributed by atoms with E-state index in [-0.39, 0.29) is 29.9 Å². The third-order valence-electron chi connectivity index (χ3n) is 4.40. The van der Waals surface area contributed by atoms with Gasteiger partial charge in [0.05, 0.1) is 6.04 Å². The van der Waals surface area contributed by atoms with E-state index in [0.717, 1.165) is 32.2 Å². The van der Waals surface area contributed by atoms with Crippen LogP contribution in [0.25, 0.3) is 0 Å². The lowest BCUT2D eigenvalue weighted by atomic mass is 9.78. The third-order valence-corrected chi connectivity index (χ3v) is 4.40. The molecule has 4 nitrogen and oxygen atoms in total. The summed E-state index contributed by atoms with van der Waals surface area (Å²) < 4.78 is 5.55. The Kier molecular flexibility index (Phi) is 4.27. The monoisotopic (exact) mass is 265 g/mol. The SMILES string of the molecule is C=CC(=O)OC1C(CC)CC2CC1N(CCC)C2=O. The van der Waals surface area contributed by atoms with Gasteiger partial charge in [0.2, 0.25) is 5.91 Å². The molecule has 4 heteroatoms. The van der Waals surface area contributed by atoms with Crippen molar-refractivity contribution in [2.24, 2.45) is 11.8 Å². The molecule has 106 valence electrons. The lowest BCUT2D eigenvalue weighted by Gasteiger charge is -2.36. The average molecular weight is 265 g/mol. The first kappa shape index (κ1) is 14.1. The fourth-order valence-corrected chi connectivity index (χ4v) is 3.51. The molecule has 2 bridgehead atoms. The minimum absolute atomic E-state index is 0.0695. The van der Waals surface area contributed by atoms with Crippen LogP contribution in [0.15, 0.2) is 12.7 Å². The number of hydrogen-bond acceptors (Lipinski definition) is 3. The van der Waals surface area contributed by atoms with Crippen molar-refractivity contribution < 1.29 is 14.3 Å². The van der Waals surface area contributed by atoms with Crippen LogP contribution in [-0.4, -0.2) is 35.5 Å². The molecular formula is C15H23NO3. The van der Waals surface area contributed by atoms with Crippen molar-refractivity contribution in [2.75, 3.05) is 6.54 Å². The van der Waals surface area contributed by atoms with Crippen LogP contribution in [0.4, 0.5) is 0 Å². The number of rotatable bonds is 5. The van der Waals surface area contributed by atoms with E-state index < -0.39 is 0 Å². The molecule has 2 rings (SSSR count). The summed E-state index contributed by atoms with van der Waals surface area (Å²) in [7, 11) is 0. The van der Waals surface area contributed by atoms with Gasteiger partial charge in [0.1, 0.15) is 6.10 Å². The number of likely N-dealkylation sites (tertiary alicyclic amines) is 1. The Morgan fingerprint density at radius 3 is 2.79 bits per heavy atom. The van der Waals surface area contributed by atoms with Gasteiger partial charge < -0.3 is 9.64 Å². The highest BCUT2D eigenvalue weighted by molar-refractivity contribution is 5.83. The van der Waals surface area contributed by atoms with Gasteiger partial charge in [-0.25, -0.2) is 4.79 Å². The smallest absolute Gasteiger partial charge is 0.330 e. The van der Waals surface area contributed by atoms with E-state index >= 15 is 0 Å². The summed E-state index contributed by atoms with van der Waals surface area (Å²) in [6.45, 7) is 8.38. The Bertz CT molecular complexity index is 380. The van der Waals surface area contributed by atoms with Gasteiger partial charge >= 0.3 is 5.97 Å². The van der Waals surface area contributed by atoms with Gasteiger partial charge in [-0.05, 0) is 31.6 Å². The molecule has 2 fully saturated rings. The fraction of sp³-hybridized carbons (Fsp3) is 0.733. The quantitative estimate of drug-likeness (QED) is 0.565. The molecule has 0 spiro atoms. The maximum Gasteiger partial charge on any atom is 0.330 e. The first-order valence-electron chi connectivity index (χ1n) is 7.25. The summed E-state index contributed by atoms with van der Waals surface area (Å²) >= 11 is 0. The maximum atomic E-state index is 12.3. The minimum atomic E-state index is -0.377. The first-order valence-corrected chi connectivity index (χ1v) is 7.25. The molecule has 1 saturated heterocycles. The van der Waals surface area contributed by atoms with Gasteiger partial charge in [-0.3, -0.25) is 4.79 Å². The van der Waals surface area contributed by atoms with E-state index in [4.69, 9.17) is 4.74 Å². The number of hydrogen-bond donors (Lipinski definition) is 0. The van der Waals surface area contributed by atoms with Crippen LogP contribution in [0.1, 0.15) is 39.5 Å². The average Bonchev–Trinajstić information content (AvgIpc) is 2.67. The molecule has 4 unspecified atom stereocenters. The summed E-state index contributed by atoms with van der Waals surface area (Å²) in [6, 6.07) is 0.0695. The highest BCUT2D eigenvalue weighted by atomic mass is 16.5. The zero-order valence-electron chi connectivity index (χ0n) is 11.8. The lowest BCUT2D eigenvalue weighted by molar-refractivity contribution is -0.151. The van der Waals surface area contributed by atoms with E-state index in [9.17, 15) is 9.59 Å². The summed E-state index contributed by atoms with van der Waals surface area (Å²) in [6.07, 6.45) is 4.61. The summed E-state index contributed by atoms with van der Waals surface area (Å²) in [5.41, 5.74) is 0. The topological polar surface area (TPSA) is 46.6 Å². The highest BCUT2D eigenvalue weighted by Gasteiger charge is 2.51. The molecule has 1 aliphatic heterocycles. The van der Waals surface area contributed by atoms with Crippen molar-refractivity contribution in [1.82, 2.24) is 4.90 Å². The second-order valence-electron chi connectivity index (χ2n) is 5.54. The van der Waals surface area contributed by atoms with Crippen LogP contribution in [0.2, 0.25) is 0 Å². The highest BCUT2D eigenvalue weighted by Crippen LogP contribution is 2.42. The van der Waals surface area contributed by atoms with Crippen LogP contribution in [0, 0.1) is 11.8 Å². The second kappa shape index (κ2) is 5.76. The largest absolute Gasteiger partial charge is 0.457 e. The van der Waals surface area contributed by atoms with Crippen molar-refractivity contribution in [3.63, 3.8) is 0 Å². The van der Waals surface area contributed by atoms with Crippen LogP contribution in [0.3, 0.4) is 0 Å². The zero-order valence-corrected chi connectivity index (χ0v) is 11.8. The molecule has 0 aromatic rings. The number of nitrogens with zero attached hydrogens (tertiary/aromatic N) is 1. The third kappa shape index (κ3) is 2.53. The summed E-state index contributed by atoms with van der Waals surface area (Å²) in [5, 5.41) is 0. The Morgan fingerprint density at radius 1 is 1.47 bits per heavy atom. The molecule has 19 heavy (non-hydrogen) atoms. The van der Waals surface area contributed by atoms with Crippen molar-refractivity contribution >= 4 is 11.9 Å². The molecule has 1 aliphatic carbocycles. The van der Waals surface area contributed by atoms with Crippen LogP contribution in [-0.2, 0) is 14.3 Å². The Labute approximate surface area is 114 Å². The Morgan fingerprint density at radius 2 is 2.21 bits per heavy atom.